The van der Waals surface area contributed by atoms with Crippen LogP contribution >= 0.6 is 11.8 Å². The number of hydrogen-bond acceptors (Lipinski definition) is 6. The van der Waals surface area contributed by atoms with Gasteiger partial charge in [0.15, 0.2) is 9.84 Å². The molecule has 146 valence electrons. The van der Waals surface area contributed by atoms with Crippen molar-refractivity contribution >= 4 is 43.2 Å². The van der Waals surface area contributed by atoms with Gasteiger partial charge in [0.25, 0.3) is 0 Å². The first-order valence-electron chi connectivity index (χ1n) is 8.40. The number of thioether (sulfide) groups is 1. The summed E-state index contributed by atoms with van der Waals surface area (Å²) in [6.45, 7) is 4.28. The van der Waals surface area contributed by atoms with E-state index in [-0.39, 0.29) is 33.3 Å². The number of carbonyl (C=O) groups excluding carboxylic acids is 1. The maximum Gasteiger partial charge on any atom is 0.243 e. The van der Waals surface area contributed by atoms with Gasteiger partial charge in [0.05, 0.1) is 22.2 Å². The molecule has 1 heterocycles. The minimum absolute atomic E-state index is 0.0554. The molecule has 0 spiro atoms. The first-order chi connectivity index (χ1) is 12.2. The molecule has 1 saturated heterocycles. The molecule has 1 amide bonds. The van der Waals surface area contributed by atoms with Crippen molar-refractivity contribution in [1.82, 2.24) is 4.31 Å². The lowest BCUT2D eigenvalue weighted by Gasteiger charge is -2.18. The molecule has 0 unspecified atom stereocenters. The molecule has 1 N–H and O–H groups in total. The van der Waals surface area contributed by atoms with Crippen molar-refractivity contribution in [2.45, 2.75) is 30.4 Å². The molecule has 1 aromatic rings. The number of nitrogens with one attached hydrogen (secondary N) is 1. The molecule has 1 aromatic carbocycles. The normalized spacial score (nSPS) is 19.6. The Morgan fingerprint density at radius 1 is 1.31 bits per heavy atom. The summed E-state index contributed by atoms with van der Waals surface area (Å²) < 4.78 is 49.3. The highest BCUT2D eigenvalue weighted by Gasteiger charge is 2.28. The van der Waals surface area contributed by atoms with Crippen molar-refractivity contribution in [2.24, 2.45) is 0 Å². The largest absolute Gasteiger partial charge is 0.325 e. The summed E-state index contributed by atoms with van der Waals surface area (Å²) in [4.78, 5) is 12.2. The molecule has 0 radical (unpaired) electrons. The van der Waals surface area contributed by atoms with E-state index < -0.39 is 19.9 Å². The fourth-order valence-corrected chi connectivity index (χ4v) is 7.68. The molecule has 0 aliphatic carbocycles. The van der Waals surface area contributed by atoms with Crippen LogP contribution in [0, 0.1) is 0 Å². The highest BCUT2D eigenvalue weighted by Crippen LogP contribution is 2.25. The highest BCUT2D eigenvalue weighted by atomic mass is 32.2. The van der Waals surface area contributed by atoms with Crippen LogP contribution in [0.4, 0.5) is 5.69 Å². The van der Waals surface area contributed by atoms with Crippen LogP contribution in [-0.4, -0.2) is 62.6 Å². The standard InChI is InChI=1S/C16H24N2O5S3/c1-3-18(4-2)26(22,23)15-7-5-6-13(10-15)17-16(19)11-24-14-8-9-25(20,21)12-14/h5-7,10,14H,3-4,8-9,11-12H2,1-2H3,(H,17,19)/t14-/m1/s1. The molecule has 0 aromatic heterocycles. The van der Waals surface area contributed by atoms with Crippen LogP contribution in [0.2, 0.25) is 0 Å². The van der Waals surface area contributed by atoms with Crippen LogP contribution in [0.15, 0.2) is 29.2 Å². The van der Waals surface area contributed by atoms with Crippen LogP contribution in [0.1, 0.15) is 20.3 Å². The number of sulfonamides is 1. The number of benzene rings is 1. The van der Waals surface area contributed by atoms with Crippen LogP contribution < -0.4 is 5.32 Å². The van der Waals surface area contributed by atoms with Crippen molar-refractivity contribution < 1.29 is 21.6 Å². The number of amides is 1. The van der Waals surface area contributed by atoms with Gasteiger partial charge in [-0.05, 0) is 24.6 Å². The Labute approximate surface area is 159 Å². The van der Waals surface area contributed by atoms with E-state index in [1.807, 2.05) is 0 Å². The molecular formula is C16H24N2O5S3. The van der Waals surface area contributed by atoms with Gasteiger partial charge in [-0.3, -0.25) is 4.79 Å². The van der Waals surface area contributed by atoms with E-state index in [2.05, 4.69) is 5.32 Å². The molecule has 1 atom stereocenters. The number of anilines is 1. The van der Waals surface area contributed by atoms with E-state index in [1.165, 1.54) is 28.2 Å². The van der Waals surface area contributed by atoms with Gasteiger partial charge >= 0.3 is 0 Å². The Bertz CT molecular complexity index is 848. The van der Waals surface area contributed by atoms with E-state index in [4.69, 9.17) is 0 Å². The SMILES string of the molecule is CCN(CC)S(=O)(=O)c1cccc(NC(=O)CS[C@@H]2CCS(=O)(=O)C2)c1. The van der Waals surface area contributed by atoms with Crippen molar-refractivity contribution in [3.05, 3.63) is 24.3 Å². The van der Waals surface area contributed by atoms with Gasteiger partial charge in [0.1, 0.15) is 0 Å². The number of hydrogen-bond donors (Lipinski definition) is 1. The maximum atomic E-state index is 12.5. The summed E-state index contributed by atoms with van der Waals surface area (Å²) in [7, 11) is -6.55. The Morgan fingerprint density at radius 2 is 2.00 bits per heavy atom. The molecule has 10 heteroatoms. The molecule has 0 saturated carbocycles. The van der Waals surface area contributed by atoms with Crippen LogP contribution in [0.5, 0.6) is 0 Å². The van der Waals surface area contributed by atoms with Crippen molar-refractivity contribution in [3.63, 3.8) is 0 Å². The number of sulfone groups is 1. The van der Waals surface area contributed by atoms with Gasteiger partial charge < -0.3 is 5.32 Å². The second-order valence-corrected chi connectivity index (χ2v) is 11.5. The van der Waals surface area contributed by atoms with E-state index in [9.17, 15) is 21.6 Å². The van der Waals surface area contributed by atoms with Gasteiger partial charge in [0.2, 0.25) is 15.9 Å². The van der Waals surface area contributed by atoms with Crippen LogP contribution in [-0.2, 0) is 24.7 Å². The molecule has 7 nitrogen and oxygen atoms in total. The average Bonchev–Trinajstić information content (AvgIpc) is 2.93. The highest BCUT2D eigenvalue weighted by molar-refractivity contribution is 8.02. The van der Waals surface area contributed by atoms with Crippen molar-refractivity contribution in [2.75, 3.05) is 35.7 Å². The minimum Gasteiger partial charge on any atom is -0.325 e. The summed E-state index contributed by atoms with van der Waals surface area (Å²) in [5, 5.41) is 2.63. The topological polar surface area (TPSA) is 101 Å². The van der Waals surface area contributed by atoms with Crippen molar-refractivity contribution in [3.8, 4) is 0 Å². The second-order valence-electron chi connectivity index (χ2n) is 6.00. The number of carbonyl (C=O) groups is 1. The third-order valence-corrected chi connectivity index (χ3v) is 9.43. The Balaban J connectivity index is 1.99. The molecule has 1 aliphatic heterocycles. The lowest BCUT2D eigenvalue weighted by atomic mass is 10.3. The molecule has 2 rings (SSSR count). The maximum absolute atomic E-state index is 12.5. The van der Waals surface area contributed by atoms with Gasteiger partial charge in [-0.15, -0.1) is 11.8 Å². The number of rotatable bonds is 8. The monoisotopic (exact) mass is 420 g/mol. The smallest absolute Gasteiger partial charge is 0.243 e. The first-order valence-corrected chi connectivity index (χ1v) is 12.7. The van der Waals surface area contributed by atoms with E-state index in [0.717, 1.165) is 0 Å². The van der Waals surface area contributed by atoms with Gasteiger partial charge in [-0.1, -0.05) is 19.9 Å². The Morgan fingerprint density at radius 3 is 2.58 bits per heavy atom. The predicted molar refractivity (Wildman–Crippen MR) is 105 cm³/mol. The lowest BCUT2D eigenvalue weighted by Crippen LogP contribution is -2.30. The summed E-state index contributed by atoms with van der Waals surface area (Å²) in [5.41, 5.74) is 0.405. The van der Waals surface area contributed by atoms with E-state index >= 15 is 0 Å². The molecular weight excluding hydrogens is 396 g/mol. The summed E-state index contributed by atoms with van der Waals surface area (Å²) in [6, 6.07) is 6.16. The molecule has 1 aliphatic rings. The van der Waals surface area contributed by atoms with Crippen LogP contribution in [0.3, 0.4) is 0 Å². The summed E-state index contributed by atoms with van der Waals surface area (Å²) in [5.74, 6) is 0.143. The Kier molecular flexibility index (Phi) is 7.12. The third kappa shape index (κ3) is 5.45. The van der Waals surface area contributed by atoms with Gasteiger partial charge in [0, 0.05) is 24.0 Å². The Hall–Kier alpha value is -1.10. The van der Waals surface area contributed by atoms with E-state index in [1.54, 1.807) is 26.0 Å². The predicted octanol–water partition coefficient (Wildman–Crippen LogP) is 1.58. The minimum atomic E-state index is -3.59. The fraction of sp³-hybridized carbons (Fsp3) is 0.562. The fourth-order valence-electron chi connectivity index (χ4n) is 2.73. The van der Waals surface area contributed by atoms with E-state index in [0.29, 0.717) is 25.2 Å². The average molecular weight is 421 g/mol. The summed E-state index contributed by atoms with van der Waals surface area (Å²) >= 11 is 1.32. The zero-order valence-electron chi connectivity index (χ0n) is 14.8. The molecule has 1 fully saturated rings. The van der Waals surface area contributed by atoms with Crippen LogP contribution in [0.25, 0.3) is 0 Å². The second kappa shape index (κ2) is 8.73. The summed E-state index contributed by atoms with van der Waals surface area (Å²) in [6.07, 6.45) is 0.567. The zero-order valence-corrected chi connectivity index (χ0v) is 17.3. The molecule has 26 heavy (non-hydrogen) atoms. The molecule has 0 bridgehead atoms. The van der Waals surface area contributed by atoms with Crippen molar-refractivity contribution in [1.29, 1.82) is 0 Å². The number of nitrogens with zero attached hydrogens (tertiary/aromatic N) is 1. The van der Waals surface area contributed by atoms with Gasteiger partial charge in [-0.2, -0.15) is 4.31 Å². The third-order valence-electron chi connectivity index (χ3n) is 4.10. The lowest BCUT2D eigenvalue weighted by molar-refractivity contribution is -0.113. The zero-order chi connectivity index (χ0) is 19.4. The van der Waals surface area contributed by atoms with Gasteiger partial charge in [-0.25, -0.2) is 16.8 Å². The quantitative estimate of drug-likeness (QED) is 0.685. The first kappa shape index (κ1) is 21.2.